The lowest BCUT2D eigenvalue weighted by Crippen LogP contribution is -2.47. The lowest BCUT2D eigenvalue weighted by molar-refractivity contribution is -0.118. The van der Waals surface area contributed by atoms with Crippen LogP contribution in [0.1, 0.15) is 29.8 Å². The molecule has 2 N–H and O–H groups in total. The number of hydrogen-bond acceptors (Lipinski definition) is 2. The van der Waals surface area contributed by atoms with Crippen molar-refractivity contribution in [3.63, 3.8) is 0 Å². The summed E-state index contributed by atoms with van der Waals surface area (Å²) in [5.41, 5.74) is 1.82. The van der Waals surface area contributed by atoms with Gasteiger partial charge in [-0.3, -0.25) is 9.59 Å². The summed E-state index contributed by atoms with van der Waals surface area (Å²) in [7, 11) is 0. The van der Waals surface area contributed by atoms with Gasteiger partial charge < -0.3 is 10.6 Å². The molecule has 0 aliphatic carbocycles. The number of carbonyl (C=O) groups is 2. The van der Waals surface area contributed by atoms with E-state index in [0.717, 1.165) is 5.56 Å². The summed E-state index contributed by atoms with van der Waals surface area (Å²) in [6.45, 7) is 5.54. The molecule has 4 nitrogen and oxygen atoms in total. The van der Waals surface area contributed by atoms with Crippen LogP contribution < -0.4 is 10.6 Å². The molecule has 0 heterocycles. The van der Waals surface area contributed by atoms with E-state index in [-0.39, 0.29) is 17.7 Å². The maximum atomic E-state index is 13.2. The Morgan fingerprint density at radius 2 is 1.80 bits per heavy atom. The molecule has 2 rings (SSSR count). The van der Waals surface area contributed by atoms with Gasteiger partial charge in [-0.2, -0.15) is 0 Å². The Morgan fingerprint density at radius 1 is 1.12 bits per heavy atom. The number of nitrogens with one attached hydrogen (secondary N) is 2. The lowest BCUT2D eigenvalue weighted by Gasteiger charge is -2.22. The predicted octanol–water partition coefficient (Wildman–Crippen LogP) is 4.29. The molecule has 2 amide bonds. The quantitative estimate of drug-likeness (QED) is 0.777. The van der Waals surface area contributed by atoms with E-state index in [1.807, 2.05) is 32.9 Å². The smallest absolute Gasteiger partial charge is 0.252 e. The Morgan fingerprint density at radius 3 is 2.40 bits per heavy atom. The average molecular weight is 407 g/mol. The lowest BCUT2D eigenvalue weighted by atomic mass is 10.0. The Labute approximate surface area is 154 Å². The first-order valence-corrected chi connectivity index (χ1v) is 8.71. The van der Waals surface area contributed by atoms with Gasteiger partial charge in [0, 0.05) is 10.0 Å². The van der Waals surface area contributed by atoms with E-state index in [1.165, 1.54) is 18.2 Å². The molecule has 25 heavy (non-hydrogen) atoms. The van der Waals surface area contributed by atoms with Crippen molar-refractivity contribution in [2.24, 2.45) is 5.92 Å². The number of carbonyl (C=O) groups excluding carboxylic acids is 2. The van der Waals surface area contributed by atoms with Crippen LogP contribution in [0.5, 0.6) is 0 Å². The number of benzene rings is 2. The van der Waals surface area contributed by atoms with Gasteiger partial charge in [-0.25, -0.2) is 4.39 Å². The Hall–Kier alpha value is -2.21. The van der Waals surface area contributed by atoms with Crippen molar-refractivity contribution in [3.05, 3.63) is 63.9 Å². The van der Waals surface area contributed by atoms with Crippen molar-refractivity contribution in [1.82, 2.24) is 5.32 Å². The van der Waals surface area contributed by atoms with Crippen LogP contribution in [0.4, 0.5) is 10.1 Å². The van der Waals surface area contributed by atoms with Crippen LogP contribution in [-0.2, 0) is 4.79 Å². The van der Waals surface area contributed by atoms with Crippen LogP contribution >= 0.6 is 15.9 Å². The van der Waals surface area contributed by atoms with Crippen molar-refractivity contribution in [3.8, 4) is 0 Å². The topological polar surface area (TPSA) is 58.2 Å². The van der Waals surface area contributed by atoms with Gasteiger partial charge in [0.25, 0.3) is 5.91 Å². The van der Waals surface area contributed by atoms with Gasteiger partial charge in [0.15, 0.2) is 0 Å². The fraction of sp³-hybridized carbons (Fsp3) is 0.263. The molecule has 0 saturated heterocycles. The number of hydrogen-bond donors (Lipinski definition) is 2. The van der Waals surface area contributed by atoms with Crippen LogP contribution in [0.2, 0.25) is 0 Å². The molecule has 0 radical (unpaired) electrons. The van der Waals surface area contributed by atoms with Gasteiger partial charge >= 0.3 is 0 Å². The highest BCUT2D eigenvalue weighted by Crippen LogP contribution is 2.23. The number of anilines is 1. The summed E-state index contributed by atoms with van der Waals surface area (Å²) in [5.74, 6) is -1.18. The number of aryl methyl sites for hydroxylation is 1. The van der Waals surface area contributed by atoms with Crippen molar-refractivity contribution >= 4 is 33.4 Å². The molecular formula is C19H20BrFN2O2. The average Bonchev–Trinajstić information content (AvgIpc) is 2.55. The monoisotopic (exact) mass is 406 g/mol. The molecule has 1 unspecified atom stereocenters. The summed E-state index contributed by atoms with van der Waals surface area (Å²) < 4.78 is 13.6. The minimum absolute atomic E-state index is 0.118. The fourth-order valence-corrected chi connectivity index (χ4v) is 2.83. The Bertz CT molecular complexity index is 793. The summed E-state index contributed by atoms with van der Waals surface area (Å²) in [5, 5.41) is 5.51. The molecule has 0 aliphatic rings. The Kier molecular flexibility index (Phi) is 6.31. The number of amides is 2. The van der Waals surface area contributed by atoms with E-state index < -0.39 is 11.9 Å². The zero-order valence-electron chi connectivity index (χ0n) is 14.3. The van der Waals surface area contributed by atoms with Gasteiger partial charge in [-0.1, -0.05) is 32.0 Å². The third-order valence-corrected chi connectivity index (χ3v) is 4.47. The normalized spacial score (nSPS) is 11.9. The van der Waals surface area contributed by atoms with Gasteiger partial charge in [0.2, 0.25) is 5.91 Å². The molecule has 2 aromatic carbocycles. The van der Waals surface area contributed by atoms with Crippen LogP contribution in [-0.4, -0.2) is 17.9 Å². The number of rotatable bonds is 5. The summed E-state index contributed by atoms with van der Waals surface area (Å²) in [6.07, 6.45) is 0. The second-order valence-corrected chi connectivity index (χ2v) is 6.98. The first-order chi connectivity index (χ1) is 11.8. The van der Waals surface area contributed by atoms with E-state index in [9.17, 15) is 14.0 Å². The van der Waals surface area contributed by atoms with E-state index in [1.54, 1.807) is 12.1 Å². The molecule has 0 spiro atoms. The van der Waals surface area contributed by atoms with E-state index in [4.69, 9.17) is 0 Å². The van der Waals surface area contributed by atoms with Gasteiger partial charge in [-0.05, 0) is 58.6 Å². The molecule has 1 atom stereocenters. The highest BCUT2D eigenvalue weighted by Gasteiger charge is 2.25. The van der Waals surface area contributed by atoms with Gasteiger partial charge in [0.1, 0.15) is 11.9 Å². The van der Waals surface area contributed by atoms with Crippen molar-refractivity contribution in [1.29, 1.82) is 0 Å². The summed E-state index contributed by atoms with van der Waals surface area (Å²) in [6, 6.07) is 10.5. The summed E-state index contributed by atoms with van der Waals surface area (Å²) in [4.78, 5) is 25.1. The van der Waals surface area contributed by atoms with E-state index in [0.29, 0.717) is 15.7 Å². The molecule has 6 heteroatoms. The second kappa shape index (κ2) is 8.25. The molecule has 0 bridgehead atoms. The second-order valence-electron chi connectivity index (χ2n) is 6.12. The molecule has 132 valence electrons. The summed E-state index contributed by atoms with van der Waals surface area (Å²) >= 11 is 3.22. The molecule has 0 aromatic heterocycles. The van der Waals surface area contributed by atoms with Crippen molar-refractivity contribution in [2.75, 3.05) is 5.32 Å². The largest absolute Gasteiger partial charge is 0.340 e. The third kappa shape index (κ3) is 4.89. The van der Waals surface area contributed by atoms with E-state index >= 15 is 0 Å². The third-order valence-electron chi connectivity index (χ3n) is 3.81. The first-order valence-electron chi connectivity index (χ1n) is 7.92. The minimum Gasteiger partial charge on any atom is -0.340 e. The van der Waals surface area contributed by atoms with Crippen LogP contribution in [0.15, 0.2) is 46.9 Å². The predicted molar refractivity (Wildman–Crippen MR) is 100 cm³/mol. The standard InChI is InChI=1S/C19H20BrFN2O2/c1-11(2)17(23-18(24)14-7-5-4-6-12(14)3)19(25)22-16-9-8-13(21)10-15(16)20/h4-11,17H,1-3H3,(H,22,25)(H,23,24). The zero-order chi connectivity index (χ0) is 18.6. The van der Waals surface area contributed by atoms with Crippen LogP contribution in [0.25, 0.3) is 0 Å². The molecule has 0 saturated carbocycles. The highest BCUT2D eigenvalue weighted by atomic mass is 79.9. The Balaban J connectivity index is 2.16. The fourth-order valence-electron chi connectivity index (χ4n) is 2.38. The maximum absolute atomic E-state index is 13.2. The number of halogens is 2. The SMILES string of the molecule is Cc1ccccc1C(=O)NC(C(=O)Nc1ccc(F)cc1Br)C(C)C. The molecule has 0 fully saturated rings. The van der Waals surface area contributed by atoms with Gasteiger partial charge in [-0.15, -0.1) is 0 Å². The van der Waals surface area contributed by atoms with Crippen molar-refractivity contribution in [2.45, 2.75) is 26.8 Å². The van der Waals surface area contributed by atoms with Crippen LogP contribution in [0.3, 0.4) is 0 Å². The first kappa shape index (κ1) is 19.1. The van der Waals surface area contributed by atoms with Crippen molar-refractivity contribution < 1.29 is 14.0 Å². The van der Waals surface area contributed by atoms with E-state index in [2.05, 4.69) is 26.6 Å². The zero-order valence-corrected chi connectivity index (χ0v) is 15.9. The molecule has 2 aromatic rings. The molecule has 0 aliphatic heterocycles. The molecular weight excluding hydrogens is 387 g/mol. The highest BCUT2D eigenvalue weighted by molar-refractivity contribution is 9.10. The minimum atomic E-state index is -0.718. The van der Waals surface area contributed by atoms with Crippen LogP contribution in [0, 0.1) is 18.7 Å². The maximum Gasteiger partial charge on any atom is 0.252 e. The van der Waals surface area contributed by atoms with Gasteiger partial charge in [0.05, 0.1) is 5.69 Å².